The molecule has 1 aliphatic rings. The summed E-state index contributed by atoms with van der Waals surface area (Å²) in [7, 11) is 0. The molecule has 0 unspecified atom stereocenters. The van der Waals surface area contributed by atoms with Crippen molar-refractivity contribution in [3.05, 3.63) is 24.8 Å². The SMILES string of the molecule is C=CC[C@]1(O)CCC=CCCC1=O. The lowest BCUT2D eigenvalue weighted by Crippen LogP contribution is -2.38. The smallest absolute Gasteiger partial charge is 0.164 e. The summed E-state index contributed by atoms with van der Waals surface area (Å²) in [6, 6.07) is 0. The van der Waals surface area contributed by atoms with Gasteiger partial charge in [-0.3, -0.25) is 4.79 Å². The quantitative estimate of drug-likeness (QED) is 0.660. The molecule has 1 aliphatic carbocycles. The number of Topliss-reactive ketones (excluding diaryl/α,β-unsaturated/α-hetero) is 1. The molecular weight excluding hydrogens is 164 g/mol. The third-order valence-corrected chi connectivity index (χ3v) is 2.43. The summed E-state index contributed by atoms with van der Waals surface area (Å²) >= 11 is 0. The molecular formula is C11H16O2. The molecule has 1 atom stereocenters. The molecule has 0 amide bonds. The van der Waals surface area contributed by atoms with Crippen LogP contribution in [0, 0.1) is 0 Å². The summed E-state index contributed by atoms with van der Waals surface area (Å²) in [6.45, 7) is 3.56. The summed E-state index contributed by atoms with van der Waals surface area (Å²) < 4.78 is 0. The molecule has 0 bridgehead atoms. The van der Waals surface area contributed by atoms with E-state index in [0.717, 1.165) is 12.8 Å². The topological polar surface area (TPSA) is 37.3 Å². The Kier molecular flexibility index (Phi) is 3.43. The highest BCUT2D eigenvalue weighted by Gasteiger charge is 2.32. The van der Waals surface area contributed by atoms with Crippen molar-refractivity contribution in [1.82, 2.24) is 0 Å². The summed E-state index contributed by atoms with van der Waals surface area (Å²) in [4.78, 5) is 11.5. The second kappa shape index (κ2) is 4.38. The fraction of sp³-hybridized carbons (Fsp3) is 0.545. The van der Waals surface area contributed by atoms with Gasteiger partial charge in [-0.25, -0.2) is 0 Å². The molecule has 2 nitrogen and oxygen atoms in total. The zero-order chi connectivity index (χ0) is 9.73. The van der Waals surface area contributed by atoms with Crippen LogP contribution in [-0.4, -0.2) is 16.5 Å². The molecule has 0 aromatic rings. The van der Waals surface area contributed by atoms with Crippen LogP contribution < -0.4 is 0 Å². The van der Waals surface area contributed by atoms with Gasteiger partial charge in [-0.05, 0) is 19.3 Å². The summed E-state index contributed by atoms with van der Waals surface area (Å²) in [6.07, 6.45) is 8.51. The number of aliphatic hydroxyl groups is 1. The van der Waals surface area contributed by atoms with Crippen molar-refractivity contribution in [2.75, 3.05) is 0 Å². The third kappa shape index (κ3) is 2.52. The first kappa shape index (κ1) is 10.2. The molecule has 13 heavy (non-hydrogen) atoms. The van der Waals surface area contributed by atoms with Gasteiger partial charge in [0.15, 0.2) is 5.78 Å². The van der Waals surface area contributed by atoms with Crippen LogP contribution in [0.1, 0.15) is 32.1 Å². The fourth-order valence-electron chi connectivity index (χ4n) is 1.60. The zero-order valence-corrected chi connectivity index (χ0v) is 7.83. The zero-order valence-electron chi connectivity index (χ0n) is 7.83. The monoisotopic (exact) mass is 180 g/mol. The molecule has 0 spiro atoms. The van der Waals surface area contributed by atoms with Gasteiger partial charge in [0.2, 0.25) is 0 Å². The van der Waals surface area contributed by atoms with Crippen LogP contribution >= 0.6 is 0 Å². The van der Waals surface area contributed by atoms with Gasteiger partial charge in [-0.1, -0.05) is 18.2 Å². The predicted octanol–water partition coefficient (Wildman–Crippen LogP) is 1.99. The summed E-state index contributed by atoms with van der Waals surface area (Å²) in [5.74, 6) is -0.0447. The maximum atomic E-state index is 11.5. The molecule has 1 rings (SSSR count). The minimum atomic E-state index is -1.15. The summed E-state index contributed by atoms with van der Waals surface area (Å²) in [5.41, 5.74) is -1.15. The van der Waals surface area contributed by atoms with Gasteiger partial charge in [0, 0.05) is 12.8 Å². The molecule has 0 aliphatic heterocycles. The predicted molar refractivity (Wildman–Crippen MR) is 52.4 cm³/mol. The van der Waals surface area contributed by atoms with Gasteiger partial charge in [-0.2, -0.15) is 0 Å². The highest BCUT2D eigenvalue weighted by Crippen LogP contribution is 2.23. The van der Waals surface area contributed by atoms with Gasteiger partial charge in [-0.15, -0.1) is 6.58 Å². The number of carbonyl (C=O) groups is 1. The lowest BCUT2D eigenvalue weighted by atomic mass is 9.85. The van der Waals surface area contributed by atoms with E-state index in [4.69, 9.17) is 0 Å². The summed E-state index contributed by atoms with van der Waals surface area (Å²) in [5, 5.41) is 9.99. The Labute approximate surface area is 79.0 Å². The van der Waals surface area contributed by atoms with Crippen LogP contribution in [0.15, 0.2) is 24.8 Å². The van der Waals surface area contributed by atoms with E-state index in [1.165, 1.54) is 0 Å². The van der Waals surface area contributed by atoms with Crippen molar-refractivity contribution < 1.29 is 9.90 Å². The molecule has 0 saturated heterocycles. The Bertz CT molecular complexity index is 230. The number of ketones is 1. The molecule has 0 aromatic carbocycles. The normalized spacial score (nSPS) is 29.5. The molecule has 1 N–H and O–H groups in total. The molecule has 72 valence electrons. The average molecular weight is 180 g/mol. The lowest BCUT2D eigenvalue weighted by molar-refractivity contribution is -0.137. The molecule has 2 heteroatoms. The minimum Gasteiger partial charge on any atom is -0.382 e. The fourth-order valence-corrected chi connectivity index (χ4v) is 1.60. The molecule has 0 saturated carbocycles. The first-order valence-electron chi connectivity index (χ1n) is 4.70. The van der Waals surface area contributed by atoms with Crippen LogP contribution in [0.3, 0.4) is 0 Å². The number of allylic oxidation sites excluding steroid dienone is 2. The van der Waals surface area contributed by atoms with E-state index >= 15 is 0 Å². The largest absolute Gasteiger partial charge is 0.382 e. The number of hydrogen-bond donors (Lipinski definition) is 1. The van der Waals surface area contributed by atoms with Gasteiger partial charge in [0.05, 0.1) is 0 Å². The second-order valence-electron chi connectivity index (χ2n) is 3.50. The van der Waals surface area contributed by atoms with Crippen LogP contribution in [0.2, 0.25) is 0 Å². The third-order valence-electron chi connectivity index (χ3n) is 2.43. The first-order chi connectivity index (χ1) is 6.19. The molecule has 0 heterocycles. The van der Waals surface area contributed by atoms with Crippen molar-refractivity contribution in [3.63, 3.8) is 0 Å². The maximum absolute atomic E-state index is 11.5. The highest BCUT2D eigenvalue weighted by atomic mass is 16.3. The van der Waals surface area contributed by atoms with Crippen molar-refractivity contribution in [2.45, 2.75) is 37.7 Å². The Morgan fingerprint density at radius 1 is 1.54 bits per heavy atom. The van der Waals surface area contributed by atoms with Crippen LogP contribution in [0.4, 0.5) is 0 Å². The maximum Gasteiger partial charge on any atom is 0.164 e. The Morgan fingerprint density at radius 2 is 2.23 bits per heavy atom. The van der Waals surface area contributed by atoms with E-state index < -0.39 is 5.60 Å². The minimum absolute atomic E-state index is 0.0447. The Morgan fingerprint density at radius 3 is 2.92 bits per heavy atom. The van der Waals surface area contributed by atoms with Crippen molar-refractivity contribution in [1.29, 1.82) is 0 Å². The molecule has 0 radical (unpaired) electrons. The van der Waals surface area contributed by atoms with Gasteiger partial charge < -0.3 is 5.11 Å². The average Bonchev–Trinajstić information content (AvgIpc) is 2.09. The lowest BCUT2D eigenvalue weighted by Gasteiger charge is -2.25. The van der Waals surface area contributed by atoms with E-state index in [2.05, 4.69) is 6.58 Å². The van der Waals surface area contributed by atoms with Crippen LogP contribution in [0.25, 0.3) is 0 Å². The molecule has 0 aromatic heterocycles. The van der Waals surface area contributed by atoms with E-state index in [-0.39, 0.29) is 5.78 Å². The van der Waals surface area contributed by atoms with E-state index in [1.807, 2.05) is 12.2 Å². The Balaban J connectivity index is 2.73. The van der Waals surface area contributed by atoms with E-state index in [1.54, 1.807) is 6.08 Å². The van der Waals surface area contributed by atoms with Crippen LogP contribution in [0.5, 0.6) is 0 Å². The van der Waals surface area contributed by atoms with Gasteiger partial charge >= 0.3 is 0 Å². The van der Waals surface area contributed by atoms with Crippen LogP contribution in [-0.2, 0) is 4.79 Å². The van der Waals surface area contributed by atoms with Crippen molar-refractivity contribution in [2.24, 2.45) is 0 Å². The first-order valence-corrected chi connectivity index (χ1v) is 4.70. The molecule has 0 fully saturated rings. The van der Waals surface area contributed by atoms with Gasteiger partial charge in [0.1, 0.15) is 5.60 Å². The van der Waals surface area contributed by atoms with E-state index in [9.17, 15) is 9.90 Å². The number of carbonyl (C=O) groups excluding carboxylic acids is 1. The van der Waals surface area contributed by atoms with Crippen molar-refractivity contribution >= 4 is 5.78 Å². The Hall–Kier alpha value is -0.890. The second-order valence-corrected chi connectivity index (χ2v) is 3.50. The standard InChI is InChI=1S/C11H16O2/c1-2-8-11(13)9-6-4-3-5-7-10(11)12/h2-4,13H,1,5-9H2/t11-/m0/s1. The number of rotatable bonds is 2. The highest BCUT2D eigenvalue weighted by molar-refractivity contribution is 5.87. The van der Waals surface area contributed by atoms with E-state index in [0.29, 0.717) is 19.3 Å². The van der Waals surface area contributed by atoms with Crippen molar-refractivity contribution in [3.8, 4) is 0 Å². The number of hydrogen-bond acceptors (Lipinski definition) is 2. The van der Waals surface area contributed by atoms with Gasteiger partial charge in [0.25, 0.3) is 0 Å².